The summed E-state index contributed by atoms with van der Waals surface area (Å²) in [5, 5.41) is 11.0. The van der Waals surface area contributed by atoms with Crippen molar-refractivity contribution in [3.63, 3.8) is 0 Å². The Balaban J connectivity index is 1.23. The van der Waals surface area contributed by atoms with Crippen LogP contribution in [0.25, 0.3) is 0 Å². The highest BCUT2D eigenvalue weighted by Crippen LogP contribution is 2.62. The highest BCUT2D eigenvalue weighted by atomic mass is 32.2. The Hall–Kier alpha value is -1.84. The molecule has 0 radical (unpaired) electrons. The predicted octanol–water partition coefficient (Wildman–Crippen LogP) is 2.26. The summed E-state index contributed by atoms with van der Waals surface area (Å²) in [5.74, 6) is 2.04. The van der Waals surface area contributed by atoms with Crippen molar-refractivity contribution >= 4 is 15.9 Å². The number of amides is 1. The van der Waals surface area contributed by atoms with Gasteiger partial charge in [-0.05, 0) is 67.9 Å². The van der Waals surface area contributed by atoms with Crippen LogP contribution in [-0.2, 0) is 14.8 Å². The van der Waals surface area contributed by atoms with Crippen LogP contribution in [0.1, 0.15) is 44.9 Å². The normalized spacial score (nSPS) is 33.8. The van der Waals surface area contributed by atoms with Crippen LogP contribution in [0.4, 0.5) is 0 Å². The van der Waals surface area contributed by atoms with Crippen molar-refractivity contribution in [3.05, 3.63) is 18.2 Å². The first-order chi connectivity index (χ1) is 15.7. The van der Waals surface area contributed by atoms with Gasteiger partial charge in [-0.3, -0.25) is 4.79 Å². The zero-order valence-corrected chi connectivity index (χ0v) is 20.3. The quantitative estimate of drug-likeness (QED) is 0.674. The number of hydrogen-bond donors (Lipinski definition) is 1. The fraction of sp³-hybridized carbons (Fsp3) is 0.708. The number of sulfonamides is 1. The molecule has 4 bridgehead atoms. The van der Waals surface area contributed by atoms with E-state index in [9.17, 15) is 18.3 Å². The topological polar surface area (TPSA) is 96.4 Å². The molecule has 1 aromatic carbocycles. The second-order valence-electron chi connectivity index (χ2n) is 10.7. The minimum absolute atomic E-state index is 0.0707. The van der Waals surface area contributed by atoms with Gasteiger partial charge in [0.2, 0.25) is 15.9 Å². The number of nitrogens with zero attached hydrogens (tertiary/aromatic N) is 2. The van der Waals surface area contributed by atoms with E-state index in [1.54, 1.807) is 6.07 Å². The van der Waals surface area contributed by atoms with Gasteiger partial charge in [-0.2, -0.15) is 4.31 Å². The number of rotatable bonds is 6. The molecule has 0 aromatic heterocycles. The van der Waals surface area contributed by atoms with Gasteiger partial charge in [0.15, 0.2) is 11.5 Å². The van der Waals surface area contributed by atoms with Gasteiger partial charge in [0, 0.05) is 38.7 Å². The minimum Gasteiger partial charge on any atom is -0.493 e. The van der Waals surface area contributed by atoms with E-state index in [1.807, 2.05) is 4.90 Å². The number of hydrogen-bond acceptors (Lipinski definition) is 6. The van der Waals surface area contributed by atoms with Gasteiger partial charge in [0.25, 0.3) is 0 Å². The lowest BCUT2D eigenvalue weighted by Gasteiger charge is -2.60. The Bertz CT molecular complexity index is 1020. The first-order valence-electron chi connectivity index (χ1n) is 11.9. The van der Waals surface area contributed by atoms with Gasteiger partial charge < -0.3 is 19.5 Å². The molecule has 4 saturated carbocycles. The van der Waals surface area contributed by atoms with Crippen molar-refractivity contribution in [1.29, 1.82) is 0 Å². The highest BCUT2D eigenvalue weighted by molar-refractivity contribution is 7.89. The summed E-state index contributed by atoms with van der Waals surface area (Å²) >= 11 is 0. The van der Waals surface area contributed by atoms with Crippen LogP contribution in [0.15, 0.2) is 23.1 Å². The van der Waals surface area contributed by atoms with Crippen LogP contribution in [0, 0.1) is 17.3 Å². The molecule has 0 spiro atoms. The zero-order valence-electron chi connectivity index (χ0n) is 19.5. The lowest BCUT2D eigenvalue weighted by atomic mass is 9.47. The van der Waals surface area contributed by atoms with Crippen molar-refractivity contribution in [2.45, 2.75) is 55.4 Å². The lowest BCUT2D eigenvalue weighted by molar-refractivity contribution is -0.172. The third kappa shape index (κ3) is 4.12. The molecule has 8 nitrogen and oxygen atoms in total. The van der Waals surface area contributed by atoms with Crippen LogP contribution >= 0.6 is 0 Å². The van der Waals surface area contributed by atoms with Gasteiger partial charge in [-0.25, -0.2) is 8.42 Å². The summed E-state index contributed by atoms with van der Waals surface area (Å²) in [7, 11) is -0.714. The fourth-order valence-electron chi connectivity index (χ4n) is 7.35. The molecule has 1 aromatic rings. The smallest absolute Gasteiger partial charge is 0.243 e. The lowest BCUT2D eigenvalue weighted by Crippen LogP contribution is -2.57. The van der Waals surface area contributed by atoms with Crippen LogP contribution in [-0.4, -0.2) is 74.6 Å². The molecule has 1 N–H and O–H groups in total. The second-order valence-corrected chi connectivity index (χ2v) is 12.6. The van der Waals surface area contributed by atoms with E-state index in [0.29, 0.717) is 42.8 Å². The van der Waals surface area contributed by atoms with Gasteiger partial charge >= 0.3 is 0 Å². The largest absolute Gasteiger partial charge is 0.493 e. The van der Waals surface area contributed by atoms with E-state index in [1.165, 1.54) is 37.1 Å². The number of carbonyl (C=O) groups excluding carboxylic acids is 1. The van der Waals surface area contributed by atoms with Crippen molar-refractivity contribution in [3.8, 4) is 11.5 Å². The molecule has 5 fully saturated rings. The standard InChI is InChI=1S/C24H34N2O6S/c1-31-20-4-3-19(10-21(20)32-2)33(29,30)26-7-5-25(6-8-26)22(27)15-23-11-17-9-18(12-23)14-24(28,13-17)16-23/h3-4,10,17-18,28H,5-9,11-16H2,1-2H3. The SMILES string of the molecule is COc1ccc(S(=O)(=O)N2CCN(C(=O)CC34CC5CC(CC(O)(C5)C3)C4)CC2)cc1OC. The van der Waals surface area contributed by atoms with Crippen LogP contribution < -0.4 is 9.47 Å². The van der Waals surface area contributed by atoms with E-state index >= 15 is 0 Å². The summed E-state index contributed by atoms with van der Waals surface area (Å²) in [5.41, 5.74) is -0.644. The zero-order chi connectivity index (χ0) is 23.4. The number of methoxy groups -OCH3 is 2. The number of piperazine rings is 1. The van der Waals surface area contributed by atoms with Crippen molar-refractivity contribution < 1.29 is 27.8 Å². The second kappa shape index (κ2) is 8.13. The molecule has 6 rings (SSSR count). The number of carbonyl (C=O) groups is 1. The molecule has 2 unspecified atom stereocenters. The molecular weight excluding hydrogens is 444 g/mol. The van der Waals surface area contributed by atoms with Crippen LogP contribution in [0.2, 0.25) is 0 Å². The Kier molecular flexibility index (Phi) is 5.65. The van der Waals surface area contributed by atoms with E-state index in [4.69, 9.17) is 9.47 Å². The monoisotopic (exact) mass is 478 g/mol. The maximum absolute atomic E-state index is 13.2. The molecule has 9 heteroatoms. The molecule has 182 valence electrons. The average molecular weight is 479 g/mol. The highest BCUT2D eigenvalue weighted by Gasteiger charge is 2.57. The van der Waals surface area contributed by atoms with E-state index in [0.717, 1.165) is 32.1 Å². The van der Waals surface area contributed by atoms with Crippen molar-refractivity contribution in [2.24, 2.45) is 17.3 Å². The summed E-state index contributed by atoms with van der Waals surface area (Å²) in [6, 6.07) is 4.58. The van der Waals surface area contributed by atoms with Gasteiger partial charge in [0.05, 0.1) is 24.7 Å². The molecule has 33 heavy (non-hydrogen) atoms. The van der Waals surface area contributed by atoms with Crippen molar-refractivity contribution in [2.75, 3.05) is 40.4 Å². The Morgan fingerprint density at radius 2 is 1.67 bits per heavy atom. The molecular formula is C24H34N2O6S. The number of ether oxygens (including phenoxy) is 2. The van der Waals surface area contributed by atoms with Crippen LogP contribution in [0.3, 0.4) is 0 Å². The van der Waals surface area contributed by atoms with E-state index in [-0.39, 0.29) is 29.3 Å². The molecule has 4 aliphatic carbocycles. The Labute approximate surface area is 195 Å². The maximum Gasteiger partial charge on any atom is 0.243 e. The Morgan fingerprint density at radius 1 is 1.03 bits per heavy atom. The maximum atomic E-state index is 13.2. The summed E-state index contributed by atoms with van der Waals surface area (Å²) in [4.78, 5) is 15.2. The average Bonchev–Trinajstić information content (AvgIpc) is 2.76. The summed E-state index contributed by atoms with van der Waals surface area (Å²) in [6.45, 7) is 1.31. The Morgan fingerprint density at radius 3 is 2.24 bits per heavy atom. The first kappa shape index (κ1) is 22.9. The summed E-state index contributed by atoms with van der Waals surface area (Å²) in [6.07, 6.45) is 6.30. The number of aliphatic hydroxyl groups is 1. The molecule has 1 saturated heterocycles. The summed E-state index contributed by atoms with van der Waals surface area (Å²) < 4.78 is 38.2. The predicted molar refractivity (Wildman–Crippen MR) is 122 cm³/mol. The number of benzene rings is 1. The van der Waals surface area contributed by atoms with E-state index in [2.05, 4.69) is 0 Å². The van der Waals surface area contributed by atoms with Gasteiger partial charge in [-0.1, -0.05) is 0 Å². The molecule has 1 aliphatic heterocycles. The third-order valence-electron chi connectivity index (χ3n) is 8.26. The van der Waals surface area contributed by atoms with E-state index < -0.39 is 15.6 Å². The fourth-order valence-corrected chi connectivity index (χ4v) is 8.78. The van der Waals surface area contributed by atoms with Crippen molar-refractivity contribution in [1.82, 2.24) is 9.21 Å². The molecule has 1 amide bonds. The van der Waals surface area contributed by atoms with Gasteiger partial charge in [-0.15, -0.1) is 0 Å². The first-order valence-corrected chi connectivity index (χ1v) is 13.3. The molecule has 1 heterocycles. The van der Waals surface area contributed by atoms with Gasteiger partial charge in [0.1, 0.15) is 0 Å². The molecule has 2 atom stereocenters. The minimum atomic E-state index is -3.69. The van der Waals surface area contributed by atoms with Crippen LogP contribution in [0.5, 0.6) is 11.5 Å². The molecule has 5 aliphatic rings. The third-order valence-corrected chi connectivity index (χ3v) is 10.2.